The molecule has 10 heteroatoms. The van der Waals surface area contributed by atoms with Crippen molar-refractivity contribution in [1.82, 2.24) is 0 Å². The van der Waals surface area contributed by atoms with Gasteiger partial charge in [-0.1, -0.05) is 12.1 Å². The van der Waals surface area contributed by atoms with Crippen LogP contribution in [-0.4, -0.2) is 92.2 Å². The molecule has 2 fully saturated rings. The standard InChI is InChI=1S/C22H32O10/c23-14-3-1-13(2-4-14)11-17(25)31-12-16-18(26)19(27)20(28)21(32-16)30-10-9-22(29)7-5-15(24)6-8-22/h1-4,15-16,18-21,23-24,26-29H,5-12H2. The highest BCUT2D eigenvalue weighted by atomic mass is 16.7. The second-order valence-corrected chi connectivity index (χ2v) is 8.62. The van der Waals surface area contributed by atoms with Crippen LogP contribution in [0.4, 0.5) is 0 Å². The van der Waals surface area contributed by atoms with Gasteiger partial charge in [-0.2, -0.15) is 0 Å². The van der Waals surface area contributed by atoms with Gasteiger partial charge < -0.3 is 44.8 Å². The van der Waals surface area contributed by atoms with E-state index in [2.05, 4.69) is 0 Å². The molecule has 1 aliphatic carbocycles. The van der Waals surface area contributed by atoms with Crippen molar-refractivity contribution < 1.29 is 49.6 Å². The molecule has 180 valence electrons. The molecule has 1 aliphatic heterocycles. The van der Waals surface area contributed by atoms with Crippen molar-refractivity contribution >= 4 is 5.97 Å². The number of aliphatic hydroxyl groups is 5. The number of hydrogen-bond acceptors (Lipinski definition) is 10. The largest absolute Gasteiger partial charge is 0.508 e. The van der Waals surface area contributed by atoms with Gasteiger partial charge in [-0.3, -0.25) is 4.79 Å². The Labute approximate surface area is 186 Å². The molecule has 1 aromatic carbocycles. The minimum absolute atomic E-state index is 0.0322. The smallest absolute Gasteiger partial charge is 0.310 e. The third kappa shape index (κ3) is 6.61. The minimum atomic E-state index is -1.57. The molecule has 6 N–H and O–H groups in total. The first-order valence-corrected chi connectivity index (χ1v) is 10.8. The van der Waals surface area contributed by atoms with Gasteiger partial charge in [0.25, 0.3) is 0 Å². The normalized spacial score (nSPS) is 35.4. The summed E-state index contributed by atoms with van der Waals surface area (Å²) in [4.78, 5) is 12.1. The summed E-state index contributed by atoms with van der Waals surface area (Å²) >= 11 is 0. The Balaban J connectivity index is 1.47. The molecule has 1 saturated heterocycles. The first-order chi connectivity index (χ1) is 15.2. The summed E-state index contributed by atoms with van der Waals surface area (Å²) < 4.78 is 16.2. The third-order valence-electron chi connectivity index (χ3n) is 6.10. The van der Waals surface area contributed by atoms with Crippen LogP contribution in [0, 0.1) is 0 Å². The maximum atomic E-state index is 12.1. The fourth-order valence-corrected chi connectivity index (χ4v) is 3.95. The van der Waals surface area contributed by atoms with Crippen molar-refractivity contribution in [3.8, 4) is 5.75 Å². The number of esters is 1. The summed E-state index contributed by atoms with van der Waals surface area (Å²) in [7, 11) is 0. The van der Waals surface area contributed by atoms with Gasteiger partial charge in [0.1, 0.15) is 36.8 Å². The highest BCUT2D eigenvalue weighted by Gasteiger charge is 2.45. The lowest BCUT2D eigenvalue weighted by atomic mass is 9.81. The van der Waals surface area contributed by atoms with Crippen LogP contribution in [-0.2, 0) is 25.4 Å². The topological polar surface area (TPSA) is 166 Å². The van der Waals surface area contributed by atoms with Gasteiger partial charge in [0.05, 0.1) is 24.7 Å². The Bertz CT molecular complexity index is 731. The fraction of sp³-hybridized carbons (Fsp3) is 0.682. The lowest BCUT2D eigenvalue weighted by molar-refractivity contribution is -0.303. The van der Waals surface area contributed by atoms with Crippen LogP contribution < -0.4 is 0 Å². The van der Waals surface area contributed by atoms with Crippen molar-refractivity contribution in [3.63, 3.8) is 0 Å². The number of phenols is 1. The van der Waals surface area contributed by atoms with Gasteiger partial charge in [0.15, 0.2) is 6.29 Å². The van der Waals surface area contributed by atoms with Gasteiger partial charge in [-0.15, -0.1) is 0 Å². The number of rotatable bonds is 8. The average Bonchev–Trinajstić information content (AvgIpc) is 2.77. The van der Waals surface area contributed by atoms with Gasteiger partial charge in [-0.05, 0) is 49.8 Å². The van der Waals surface area contributed by atoms with Crippen molar-refractivity contribution in [2.45, 2.75) is 80.9 Å². The number of benzene rings is 1. The Morgan fingerprint density at radius 1 is 1.03 bits per heavy atom. The molecule has 5 atom stereocenters. The van der Waals surface area contributed by atoms with Crippen molar-refractivity contribution in [3.05, 3.63) is 29.8 Å². The number of hydrogen-bond donors (Lipinski definition) is 6. The number of carbonyl (C=O) groups is 1. The summed E-state index contributed by atoms with van der Waals surface area (Å²) in [6, 6.07) is 6.05. The van der Waals surface area contributed by atoms with E-state index in [-0.39, 0.29) is 31.8 Å². The molecule has 32 heavy (non-hydrogen) atoms. The zero-order valence-corrected chi connectivity index (χ0v) is 17.7. The Morgan fingerprint density at radius 2 is 1.69 bits per heavy atom. The Hall–Kier alpha value is -1.79. The van der Waals surface area contributed by atoms with Gasteiger partial charge in [0, 0.05) is 0 Å². The molecular weight excluding hydrogens is 424 g/mol. The zero-order valence-electron chi connectivity index (χ0n) is 17.7. The molecular formula is C22H32O10. The van der Waals surface area contributed by atoms with E-state index >= 15 is 0 Å². The number of carbonyl (C=O) groups excluding carboxylic acids is 1. The monoisotopic (exact) mass is 456 g/mol. The highest BCUT2D eigenvalue weighted by molar-refractivity contribution is 5.72. The molecule has 3 rings (SSSR count). The predicted molar refractivity (Wildman–Crippen MR) is 109 cm³/mol. The second-order valence-electron chi connectivity index (χ2n) is 8.62. The van der Waals surface area contributed by atoms with Crippen molar-refractivity contribution in [1.29, 1.82) is 0 Å². The molecule has 10 nitrogen and oxygen atoms in total. The van der Waals surface area contributed by atoms with E-state index < -0.39 is 48.4 Å². The first-order valence-electron chi connectivity index (χ1n) is 10.8. The van der Waals surface area contributed by atoms with Crippen LogP contribution in [0.25, 0.3) is 0 Å². The predicted octanol–water partition coefficient (Wildman–Crippen LogP) is -0.642. The van der Waals surface area contributed by atoms with Crippen LogP contribution in [0.3, 0.4) is 0 Å². The molecule has 0 radical (unpaired) electrons. The molecule has 1 saturated carbocycles. The van der Waals surface area contributed by atoms with E-state index in [1.165, 1.54) is 12.1 Å². The Morgan fingerprint density at radius 3 is 2.34 bits per heavy atom. The van der Waals surface area contributed by atoms with Gasteiger partial charge >= 0.3 is 5.97 Å². The van der Waals surface area contributed by atoms with Crippen molar-refractivity contribution in [2.24, 2.45) is 0 Å². The van der Waals surface area contributed by atoms with E-state index in [4.69, 9.17) is 14.2 Å². The van der Waals surface area contributed by atoms with E-state index in [9.17, 15) is 35.4 Å². The number of phenolic OH excluding ortho intramolecular Hbond substituents is 1. The molecule has 1 heterocycles. The average molecular weight is 456 g/mol. The summed E-state index contributed by atoms with van der Waals surface area (Å²) in [6.45, 7) is -0.325. The maximum Gasteiger partial charge on any atom is 0.310 e. The van der Waals surface area contributed by atoms with Crippen LogP contribution in [0.2, 0.25) is 0 Å². The summed E-state index contributed by atoms with van der Waals surface area (Å²) in [5.74, 6) is -0.515. The summed E-state index contributed by atoms with van der Waals surface area (Å²) in [5.41, 5.74) is -0.345. The molecule has 0 aromatic heterocycles. The van der Waals surface area contributed by atoms with E-state index in [0.29, 0.717) is 31.2 Å². The van der Waals surface area contributed by atoms with Crippen LogP contribution >= 0.6 is 0 Å². The third-order valence-corrected chi connectivity index (χ3v) is 6.10. The molecule has 0 amide bonds. The van der Waals surface area contributed by atoms with Gasteiger partial charge in [-0.25, -0.2) is 0 Å². The lowest BCUT2D eigenvalue weighted by Crippen LogP contribution is -2.59. The lowest BCUT2D eigenvalue weighted by Gasteiger charge is -2.40. The van der Waals surface area contributed by atoms with Crippen LogP contribution in [0.15, 0.2) is 24.3 Å². The summed E-state index contributed by atoms with van der Waals surface area (Å²) in [6.07, 6.45) is -5.29. The van der Waals surface area contributed by atoms with Crippen LogP contribution in [0.1, 0.15) is 37.7 Å². The number of ether oxygens (including phenoxy) is 3. The molecule has 5 unspecified atom stereocenters. The van der Waals surface area contributed by atoms with E-state index in [0.717, 1.165) is 0 Å². The van der Waals surface area contributed by atoms with Crippen molar-refractivity contribution in [2.75, 3.05) is 13.2 Å². The molecule has 0 spiro atoms. The number of aromatic hydroxyl groups is 1. The first kappa shape index (κ1) is 24.8. The van der Waals surface area contributed by atoms with E-state index in [1.54, 1.807) is 12.1 Å². The quantitative estimate of drug-likeness (QED) is 0.277. The minimum Gasteiger partial charge on any atom is -0.508 e. The SMILES string of the molecule is O=C(Cc1ccc(O)cc1)OCC1OC(OCCC2(O)CCC(O)CC2)C(O)C(O)C1O. The fourth-order valence-electron chi connectivity index (χ4n) is 3.95. The maximum absolute atomic E-state index is 12.1. The van der Waals surface area contributed by atoms with E-state index in [1.807, 2.05) is 0 Å². The van der Waals surface area contributed by atoms with Gasteiger partial charge in [0.2, 0.25) is 0 Å². The van der Waals surface area contributed by atoms with Crippen LogP contribution in [0.5, 0.6) is 5.75 Å². The number of aliphatic hydroxyl groups excluding tert-OH is 4. The summed E-state index contributed by atoms with van der Waals surface area (Å²) in [5, 5.41) is 59.9. The zero-order chi connectivity index (χ0) is 23.3. The Kier molecular flexibility index (Phi) is 8.45. The molecule has 0 bridgehead atoms. The molecule has 1 aromatic rings. The second kappa shape index (κ2) is 10.9. The molecule has 2 aliphatic rings. The highest BCUT2D eigenvalue weighted by Crippen LogP contribution is 2.31.